The summed E-state index contributed by atoms with van der Waals surface area (Å²) in [6.45, 7) is 2.87. The Balaban J connectivity index is 2.99. The zero-order chi connectivity index (χ0) is 13.1. The summed E-state index contributed by atoms with van der Waals surface area (Å²) in [4.78, 5) is 2.00. The Morgan fingerprint density at radius 2 is 2.18 bits per heavy atom. The van der Waals surface area contributed by atoms with E-state index in [0.717, 1.165) is 9.75 Å². The number of likely N-dealkylation sites (N-methyl/N-ethyl adjacent to an activating group) is 1. The van der Waals surface area contributed by atoms with Gasteiger partial charge in [0, 0.05) is 37.0 Å². The van der Waals surface area contributed by atoms with Crippen molar-refractivity contribution in [2.45, 2.75) is 18.4 Å². The summed E-state index contributed by atoms with van der Waals surface area (Å²) in [7, 11) is -0.329. The van der Waals surface area contributed by atoms with Gasteiger partial charge in [-0.05, 0) is 13.0 Å². The van der Waals surface area contributed by atoms with Crippen molar-refractivity contribution in [3.63, 3.8) is 0 Å². The number of hydrogen-bond acceptors (Lipinski definition) is 5. The smallest absolute Gasteiger partial charge is 0.244 e. The molecule has 1 aromatic heterocycles. The van der Waals surface area contributed by atoms with Crippen molar-refractivity contribution >= 4 is 21.4 Å². The van der Waals surface area contributed by atoms with E-state index >= 15 is 0 Å². The summed E-state index contributed by atoms with van der Waals surface area (Å²) in [5.74, 6) is 0. The number of thiophene rings is 1. The Kier molecular flexibility index (Phi) is 5.08. The van der Waals surface area contributed by atoms with Gasteiger partial charge in [-0.25, -0.2) is 8.42 Å². The lowest BCUT2D eigenvalue weighted by atomic mass is 10.4. The lowest BCUT2D eigenvalue weighted by Crippen LogP contribution is -2.30. The third-order valence-electron chi connectivity index (χ3n) is 2.42. The van der Waals surface area contributed by atoms with Crippen LogP contribution in [0.25, 0.3) is 0 Å². The van der Waals surface area contributed by atoms with Crippen LogP contribution in [0.1, 0.15) is 9.75 Å². The second-order valence-electron chi connectivity index (χ2n) is 3.66. The highest BCUT2D eigenvalue weighted by Gasteiger charge is 2.24. The standard InChI is InChI=1S/C10H18N2O3S2/c1-8-10(6-9(7-11)16-8)17(13,14)12(2)4-5-15-3/h6H,4-5,7,11H2,1-3H3. The van der Waals surface area contributed by atoms with Crippen molar-refractivity contribution in [3.8, 4) is 0 Å². The number of nitrogens with zero attached hydrogens (tertiary/aromatic N) is 1. The SMILES string of the molecule is COCCN(C)S(=O)(=O)c1cc(CN)sc1C. The van der Waals surface area contributed by atoms with Crippen molar-refractivity contribution in [3.05, 3.63) is 15.8 Å². The van der Waals surface area contributed by atoms with E-state index in [4.69, 9.17) is 10.5 Å². The zero-order valence-electron chi connectivity index (χ0n) is 10.3. The van der Waals surface area contributed by atoms with Crippen LogP contribution in [0.15, 0.2) is 11.0 Å². The summed E-state index contributed by atoms with van der Waals surface area (Å²) < 4.78 is 30.6. The molecule has 0 unspecified atom stereocenters. The molecule has 0 fully saturated rings. The van der Waals surface area contributed by atoms with Crippen LogP contribution in [-0.4, -0.2) is 40.0 Å². The molecule has 1 rings (SSSR count). The van der Waals surface area contributed by atoms with E-state index in [1.54, 1.807) is 27.1 Å². The molecule has 98 valence electrons. The predicted molar refractivity (Wildman–Crippen MR) is 68.6 cm³/mol. The first kappa shape index (κ1) is 14.6. The largest absolute Gasteiger partial charge is 0.383 e. The molecule has 0 amide bonds. The molecule has 0 aliphatic rings. The minimum absolute atomic E-state index is 0.339. The molecular weight excluding hydrogens is 260 g/mol. The van der Waals surface area contributed by atoms with E-state index in [1.807, 2.05) is 0 Å². The predicted octanol–water partition coefficient (Wildman–Crippen LogP) is 0.782. The highest BCUT2D eigenvalue weighted by Crippen LogP contribution is 2.27. The first-order valence-electron chi connectivity index (χ1n) is 5.18. The first-order valence-corrected chi connectivity index (χ1v) is 7.43. The van der Waals surface area contributed by atoms with Gasteiger partial charge in [-0.15, -0.1) is 11.3 Å². The minimum Gasteiger partial charge on any atom is -0.383 e. The maximum absolute atomic E-state index is 12.2. The van der Waals surface area contributed by atoms with Gasteiger partial charge < -0.3 is 10.5 Å². The fourth-order valence-corrected chi connectivity index (χ4v) is 4.02. The summed E-state index contributed by atoms with van der Waals surface area (Å²) in [5.41, 5.74) is 5.51. The molecule has 0 saturated carbocycles. The molecule has 0 radical (unpaired) electrons. The van der Waals surface area contributed by atoms with Gasteiger partial charge in [-0.3, -0.25) is 0 Å². The molecule has 0 atom stereocenters. The van der Waals surface area contributed by atoms with E-state index in [9.17, 15) is 8.42 Å². The maximum atomic E-state index is 12.2. The minimum atomic E-state index is -3.42. The zero-order valence-corrected chi connectivity index (χ0v) is 11.9. The van der Waals surface area contributed by atoms with Crippen molar-refractivity contribution in [1.29, 1.82) is 0 Å². The molecule has 2 N–H and O–H groups in total. The number of methoxy groups -OCH3 is 1. The Morgan fingerprint density at radius 1 is 1.53 bits per heavy atom. The fraction of sp³-hybridized carbons (Fsp3) is 0.600. The Morgan fingerprint density at radius 3 is 2.65 bits per heavy atom. The number of hydrogen-bond donors (Lipinski definition) is 1. The molecule has 0 saturated heterocycles. The van der Waals surface area contributed by atoms with Crippen molar-refractivity contribution in [1.82, 2.24) is 4.31 Å². The van der Waals surface area contributed by atoms with Gasteiger partial charge in [0.25, 0.3) is 0 Å². The van der Waals surface area contributed by atoms with Crippen molar-refractivity contribution < 1.29 is 13.2 Å². The third-order valence-corrected chi connectivity index (χ3v) is 5.61. The summed E-state index contributed by atoms with van der Waals surface area (Å²) >= 11 is 1.42. The van der Waals surface area contributed by atoms with Crippen LogP contribution in [0.3, 0.4) is 0 Å². The molecule has 0 aromatic carbocycles. The van der Waals surface area contributed by atoms with Gasteiger partial charge in [0.05, 0.1) is 11.5 Å². The maximum Gasteiger partial charge on any atom is 0.244 e. The van der Waals surface area contributed by atoms with Gasteiger partial charge in [0.2, 0.25) is 10.0 Å². The van der Waals surface area contributed by atoms with E-state index in [2.05, 4.69) is 0 Å². The Labute approximate surface area is 106 Å². The van der Waals surface area contributed by atoms with Crippen LogP contribution in [-0.2, 0) is 21.3 Å². The van der Waals surface area contributed by atoms with Gasteiger partial charge in [0.1, 0.15) is 0 Å². The average molecular weight is 278 g/mol. The van der Waals surface area contributed by atoms with Crippen molar-refractivity contribution in [2.24, 2.45) is 5.73 Å². The lowest BCUT2D eigenvalue weighted by molar-refractivity contribution is 0.185. The highest BCUT2D eigenvalue weighted by molar-refractivity contribution is 7.89. The molecule has 0 bridgehead atoms. The Bertz CT molecular complexity index is 468. The average Bonchev–Trinajstić information content (AvgIpc) is 2.67. The number of sulfonamides is 1. The molecule has 1 heterocycles. The molecule has 7 heteroatoms. The Hall–Kier alpha value is -0.470. The number of ether oxygens (including phenoxy) is 1. The van der Waals surface area contributed by atoms with Gasteiger partial charge in [0.15, 0.2) is 0 Å². The van der Waals surface area contributed by atoms with Crippen LogP contribution < -0.4 is 5.73 Å². The highest BCUT2D eigenvalue weighted by atomic mass is 32.2. The van der Waals surface area contributed by atoms with Gasteiger partial charge in [-0.1, -0.05) is 0 Å². The summed E-state index contributed by atoms with van der Waals surface area (Å²) in [6, 6.07) is 1.65. The number of nitrogens with two attached hydrogens (primary N) is 1. The van der Waals surface area contributed by atoms with E-state index in [0.29, 0.717) is 24.6 Å². The van der Waals surface area contributed by atoms with E-state index < -0.39 is 10.0 Å². The molecule has 1 aromatic rings. The van der Waals surface area contributed by atoms with Gasteiger partial charge in [-0.2, -0.15) is 4.31 Å². The van der Waals surface area contributed by atoms with Crippen LogP contribution in [0.5, 0.6) is 0 Å². The normalized spacial score (nSPS) is 12.3. The van der Waals surface area contributed by atoms with Crippen LogP contribution in [0.2, 0.25) is 0 Å². The molecular formula is C10H18N2O3S2. The summed E-state index contributed by atoms with van der Waals surface area (Å²) in [5, 5.41) is 0. The number of rotatable bonds is 6. The van der Waals surface area contributed by atoms with Crippen LogP contribution in [0, 0.1) is 6.92 Å². The number of aryl methyl sites for hydroxylation is 1. The second kappa shape index (κ2) is 5.92. The molecule has 0 aliphatic heterocycles. The van der Waals surface area contributed by atoms with E-state index in [-0.39, 0.29) is 0 Å². The molecule has 5 nitrogen and oxygen atoms in total. The third kappa shape index (κ3) is 3.26. The molecule has 0 spiro atoms. The van der Waals surface area contributed by atoms with Gasteiger partial charge >= 0.3 is 0 Å². The fourth-order valence-electron chi connectivity index (χ4n) is 1.39. The quantitative estimate of drug-likeness (QED) is 0.834. The summed E-state index contributed by atoms with van der Waals surface area (Å²) in [6.07, 6.45) is 0. The van der Waals surface area contributed by atoms with Crippen molar-refractivity contribution in [2.75, 3.05) is 27.3 Å². The van der Waals surface area contributed by atoms with E-state index in [1.165, 1.54) is 15.6 Å². The molecule has 0 aliphatic carbocycles. The monoisotopic (exact) mass is 278 g/mol. The topological polar surface area (TPSA) is 72.6 Å². The lowest BCUT2D eigenvalue weighted by Gasteiger charge is -2.16. The van der Waals surface area contributed by atoms with Crippen LogP contribution in [0.4, 0.5) is 0 Å². The second-order valence-corrected chi connectivity index (χ2v) is 7.01. The first-order chi connectivity index (χ1) is 7.93. The molecule has 17 heavy (non-hydrogen) atoms. The van der Waals surface area contributed by atoms with Crippen LogP contribution >= 0.6 is 11.3 Å².